The topological polar surface area (TPSA) is 58.6 Å². The van der Waals surface area contributed by atoms with Gasteiger partial charge in [0.1, 0.15) is 10.6 Å². The molecule has 5 nitrogen and oxygen atoms in total. The molecule has 1 aliphatic rings. The Morgan fingerprint density at radius 3 is 2.69 bits per heavy atom. The number of aryl methyl sites for hydroxylation is 1. The van der Waals surface area contributed by atoms with E-state index in [0.717, 1.165) is 38.0 Å². The van der Waals surface area contributed by atoms with Gasteiger partial charge in [0.05, 0.1) is 7.11 Å². The molecule has 26 heavy (non-hydrogen) atoms. The lowest BCUT2D eigenvalue weighted by atomic mass is 9.97. The Balaban J connectivity index is 1.54. The summed E-state index contributed by atoms with van der Waals surface area (Å²) in [6.45, 7) is 5.38. The fourth-order valence-electron chi connectivity index (χ4n) is 3.27. The molecule has 1 fully saturated rings. The van der Waals surface area contributed by atoms with Crippen molar-refractivity contribution in [2.24, 2.45) is 5.92 Å². The predicted molar refractivity (Wildman–Crippen MR) is 105 cm³/mol. The van der Waals surface area contributed by atoms with Gasteiger partial charge in [-0.2, -0.15) is 0 Å². The number of benzene rings is 1. The number of rotatable bonds is 7. The van der Waals surface area contributed by atoms with Crippen LogP contribution in [0.3, 0.4) is 0 Å². The first-order chi connectivity index (χ1) is 12.5. The molecule has 0 aliphatic carbocycles. The summed E-state index contributed by atoms with van der Waals surface area (Å²) in [5, 5.41) is 2.11. The molecule has 142 valence electrons. The van der Waals surface area contributed by atoms with Gasteiger partial charge in [0.15, 0.2) is 0 Å². The number of hydrogen-bond donors (Lipinski definition) is 1. The van der Waals surface area contributed by atoms with Gasteiger partial charge in [-0.1, -0.05) is 12.1 Å². The highest BCUT2D eigenvalue weighted by Gasteiger charge is 2.24. The van der Waals surface area contributed by atoms with Crippen LogP contribution < -0.4 is 9.46 Å². The van der Waals surface area contributed by atoms with Gasteiger partial charge in [-0.15, -0.1) is 11.3 Å². The van der Waals surface area contributed by atoms with Gasteiger partial charge >= 0.3 is 0 Å². The summed E-state index contributed by atoms with van der Waals surface area (Å²) >= 11 is 1.79. The van der Waals surface area contributed by atoms with Gasteiger partial charge in [-0.05, 0) is 67.9 Å². The molecule has 1 aromatic carbocycles. The Hall–Kier alpha value is -1.41. The first kappa shape index (κ1) is 19.4. The molecule has 0 amide bonds. The largest absolute Gasteiger partial charge is 0.495 e. The second kappa shape index (κ2) is 8.52. The maximum Gasteiger partial charge on any atom is 0.244 e. The van der Waals surface area contributed by atoms with Crippen LogP contribution in [-0.4, -0.2) is 40.1 Å². The van der Waals surface area contributed by atoms with Crippen LogP contribution in [0.1, 0.15) is 23.3 Å². The third-order valence-electron chi connectivity index (χ3n) is 4.84. The van der Waals surface area contributed by atoms with Crippen LogP contribution in [0.4, 0.5) is 0 Å². The van der Waals surface area contributed by atoms with Crippen molar-refractivity contribution >= 4 is 21.4 Å². The van der Waals surface area contributed by atoms with Crippen LogP contribution in [0.25, 0.3) is 0 Å². The third kappa shape index (κ3) is 4.85. The minimum absolute atomic E-state index is 0.218. The van der Waals surface area contributed by atoms with E-state index in [1.807, 2.05) is 13.0 Å². The zero-order valence-corrected chi connectivity index (χ0v) is 16.9. The fourth-order valence-corrected chi connectivity index (χ4v) is 5.38. The summed E-state index contributed by atoms with van der Waals surface area (Å²) in [6.07, 6.45) is 2.03. The number of sulfonamides is 1. The minimum atomic E-state index is -3.57. The van der Waals surface area contributed by atoms with Crippen molar-refractivity contribution in [1.82, 2.24) is 9.62 Å². The summed E-state index contributed by atoms with van der Waals surface area (Å²) in [5.41, 5.74) is 0.896. The molecule has 3 rings (SSSR count). The monoisotopic (exact) mass is 394 g/mol. The summed E-state index contributed by atoms with van der Waals surface area (Å²) in [5.74, 6) is 0.758. The molecule has 1 aromatic heterocycles. The average molecular weight is 395 g/mol. The highest BCUT2D eigenvalue weighted by atomic mass is 32.2. The zero-order chi connectivity index (χ0) is 18.6. The molecular weight excluding hydrogens is 368 g/mol. The highest BCUT2D eigenvalue weighted by molar-refractivity contribution is 7.89. The van der Waals surface area contributed by atoms with Crippen molar-refractivity contribution in [1.29, 1.82) is 0 Å². The molecule has 0 saturated carbocycles. The first-order valence-electron chi connectivity index (χ1n) is 8.87. The quantitative estimate of drug-likeness (QED) is 0.783. The molecule has 0 atom stereocenters. The minimum Gasteiger partial charge on any atom is -0.495 e. The van der Waals surface area contributed by atoms with Crippen molar-refractivity contribution in [2.45, 2.75) is 31.2 Å². The van der Waals surface area contributed by atoms with Gasteiger partial charge in [0.2, 0.25) is 10.0 Å². The van der Waals surface area contributed by atoms with Crippen LogP contribution in [-0.2, 0) is 16.6 Å². The summed E-state index contributed by atoms with van der Waals surface area (Å²) in [6, 6.07) is 9.46. The van der Waals surface area contributed by atoms with E-state index in [2.05, 4.69) is 27.1 Å². The van der Waals surface area contributed by atoms with Crippen molar-refractivity contribution in [3.05, 3.63) is 46.2 Å². The lowest BCUT2D eigenvalue weighted by Crippen LogP contribution is -2.38. The van der Waals surface area contributed by atoms with Crippen molar-refractivity contribution in [3.8, 4) is 5.75 Å². The predicted octanol–water partition coefficient (Wildman–Crippen LogP) is 3.26. The van der Waals surface area contributed by atoms with E-state index >= 15 is 0 Å². The van der Waals surface area contributed by atoms with E-state index in [-0.39, 0.29) is 4.90 Å². The molecule has 1 saturated heterocycles. The number of hydrogen-bond acceptors (Lipinski definition) is 5. The van der Waals surface area contributed by atoms with E-state index in [1.165, 1.54) is 12.0 Å². The van der Waals surface area contributed by atoms with Gasteiger partial charge in [0, 0.05) is 18.0 Å². The van der Waals surface area contributed by atoms with Crippen molar-refractivity contribution in [3.63, 3.8) is 0 Å². The molecule has 1 N–H and O–H groups in total. The number of ether oxygens (including phenoxy) is 1. The number of likely N-dealkylation sites (tertiary alicyclic amines) is 1. The Labute approximate surface area is 160 Å². The maximum atomic E-state index is 12.7. The van der Waals surface area contributed by atoms with Gasteiger partial charge in [-0.25, -0.2) is 13.1 Å². The molecule has 2 heterocycles. The van der Waals surface area contributed by atoms with Crippen LogP contribution in [0.5, 0.6) is 5.75 Å². The lowest BCUT2D eigenvalue weighted by Gasteiger charge is -2.31. The van der Waals surface area contributed by atoms with Crippen LogP contribution in [0, 0.1) is 12.8 Å². The van der Waals surface area contributed by atoms with Gasteiger partial charge in [0.25, 0.3) is 0 Å². The molecule has 1 aliphatic heterocycles. The summed E-state index contributed by atoms with van der Waals surface area (Å²) in [7, 11) is -2.07. The third-order valence-corrected chi connectivity index (χ3v) is 7.14. The normalized spacial score (nSPS) is 16.7. The van der Waals surface area contributed by atoms with E-state index in [1.54, 1.807) is 23.5 Å². The van der Waals surface area contributed by atoms with Crippen LogP contribution in [0.2, 0.25) is 0 Å². The lowest BCUT2D eigenvalue weighted by molar-refractivity contribution is 0.180. The standard InChI is InChI=1S/C19H26N2O3S2/c1-15-5-6-18(24-2)19(12-15)26(22,23)20-13-16-7-9-21(10-8-16)14-17-4-3-11-25-17/h3-6,11-12,16,20H,7-10,13-14H2,1-2H3. The summed E-state index contributed by atoms with van der Waals surface area (Å²) in [4.78, 5) is 4.05. The molecule has 0 radical (unpaired) electrons. The van der Waals surface area contributed by atoms with Gasteiger partial charge < -0.3 is 4.74 Å². The van der Waals surface area contributed by atoms with E-state index in [9.17, 15) is 8.42 Å². The second-order valence-electron chi connectivity index (χ2n) is 6.81. The smallest absolute Gasteiger partial charge is 0.244 e. The number of nitrogens with one attached hydrogen (secondary N) is 1. The van der Waals surface area contributed by atoms with E-state index in [0.29, 0.717) is 18.2 Å². The molecular formula is C19H26N2O3S2. The van der Waals surface area contributed by atoms with Crippen LogP contribution in [0.15, 0.2) is 40.6 Å². The number of nitrogens with zero attached hydrogens (tertiary/aromatic N) is 1. The maximum absolute atomic E-state index is 12.7. The highest BCUT2D eigenvalue weighted by Crippen LogP contribution is 2.25. The van der Waals surface area contributed by atoms with Gasteiger partial charge in [-0.3, -0.25) is 4.90 Å². The first-order valence-corrected chi connectivity index (χ1v) is 11.2. The average Bonchev–Trinajstić information content (AvgIpc) is 3.14. The van der Waals surface area contributed by atoms with Crippen LogP contribution >= 0.6 is 11.3 Å². The molecule has 2 aromatic rings. The van der Waals surface area contributed by atoms with Crippen molar-refractivity contribution in [2.75, 3.05) is 26.7 Å². The molecule has 0 unspecified atom stereocenters. The Bertz CT molecular complexity index is 811. The number of thiophene rings is 1. The molecule has 0 bridgehead atoms. The number of piperidine rings is 1. The Kier molecular flexibility index (Phi) is 6.34. The van der Waals surface area contributed by atoms with Crippen molar-refractivity contribution < 1.29 is 13.2 Å². The molecule has 7 heteroatoms. The van der Waals surface area contributed by atoms with E-state index < -0.39 is 10.0 Å². The zero-order valence-electron chi connectivity index (χ0n) is 15.3. The van der Waals surface area contributed by atoms with E-state index in [4.69, 9.17) is 4.74 Å². The Morgan fingerprint density at radius 2 is 2.04 bits per heavy atom. The Morgan fingerprint density at radius 1 is 1.27 bits per heavy atom. The number of methoxy groups -OCH3 is 1. The second-order valence-corrected chi connectivity index (χ2v) is 9.57. The SMILES string of the molecule is COc1ccc(C)cc1S(=O)(=O)NCC1CCN(Cc2cccs2)CC1. The fraction of sp³-hybridized carbons (Fsp3) is 0.474. The summed E-state index contributed by atoms with van der Waals surface area (Å²) < 4.78 is 33.4. The molecule has 0 spiro atoms.